The molecule has 3 aromatic carbocycles. The second kappa shape index (κ2) is 8.03. The van der Waals surface area contributed by atoms with Crippen molar-refractivity contribution in [3.63, 3.8) is 0 Å². The number of benzene rings is 3. The van der Waals surface area contributed by atoms with Gasteiger partial charge in [0.1, 0.15) is 5.75 Å². The lowest BCUT2D eigenvalue weighted by Crippen LogP contribution is -2.10. The highest BCUT2D eigenvalue weighted by Crippen LogP contribution is 2.25. The second-order valence-electron chi connectivity index (χ2n) is 5.60. The summed E-state index contributed by atoms with van der Waals surface area (Å²) in [6.45, 7) is 1.19. The van der Waals surface area contributed by atoms with Crippen LogP contribution in [0, 0.1) is 0 Å². The number of carboxylic acid groups (broad SMARTS) is 1. The summed E-state index contributed by atoms with van der Waals surface area (Å²) in [6, 6.07) is 19.3. The van der Waals surface area contributed by atoms with Gasteiger partial charge in [0.05, 0.1) is 12.2 Å². The predicted octanol–water partition coefficient (Wildman–Crippen LogP) is 5.18. The Balaban J connectivity index is 1.55. The maximum absolute atomic E-state index is 11.3. The monoisotopic (exact) mass is 399 g/mol. The van der Waals surface area contributed by atoms with Crippen molar-refractivity contribution in [2.24, 2.45) is 0 Å². The van der Waals surface area contributed by atoms with E-state index in [2.05, 4.69) is 33.4 Å². The van der Waals surface area contributed by atoms with Crippen molar-refractivity contribution in [2.45, 2.75) is 6.42 Å². The topological polar surface area (TPSA) is 58.6 Å². The Kier molecular flexibility index (Phi) is 5.56. The Morgan fingerprint density at radius 3 is 2.72 bits per heavy atom. The first-order valence-electron chi connectivity index (χ1n) is 8.02. The van der Waals surface area contributed by atoms with Crippen LogP contribution in [-0.2, 0) is 0 Å². The second-order valence-corrected chi connectivity index (χ2v) is 6.52. The van der Waals surface area contributed by atoms with Crippen molar-refractivity contribution < 1.29 is 14.6 Å². The minimum absolute atomic E-state index is 0.254. The van der Waals surface area contributed by atoms with Crippen LogP contribution in [0.2, 0.25) is 0 Å². The Hall–Kier alpha value is -2.53. The number of anilines is 1. The summed E-state index contributed by atoms with van der Waals surface area (Å²) in [4.78, 5) is 11.3. The zero-order valence-electron chi connectivity index (χ0n) is 13.5. The van der Waals surface area contributed by atoms with Crippen molar-refractivity contribution >= 4 is 38.4 Å². The molecule has 2 N–H and O–H groups in total. The average molecular weight is 400 g/mol. The molecule has 0 aliphatic rings. The minimum atomic E-state index is -0.948. The zero-order chi connectivity index (χ0) is 17.6. The van der Waals surface area contributed by atoms with Gasteiger partial charge in [-0.2, -0.15) is 0 Å². The molecule has 0 saturated heterocycles. The lowest BCUT2D eigenvalue weighted by atomic mass is 10.1. The standard InChI is InChI=1S/C20H18BrNO3/c21-15-9-10-18(17(13-15)20(23)24)22-11-4-12-25-19-8-3-6-14-5-1-2-7-16(14)19/h1-3,5-10,13,22H,4,11-12H2,(H,23,24). The van der Waals surface area contributed by atoms with E-state index in [-0.39, 0.29) is 5.56 Å². The first-order chi connectivity index (χ1) is 12.1. The number of carbonyl (C=O) groups is 1. The van der Waals surface area contributed by atoms with Gasteiger partial charge in [0.25, 0.3) is 0 Å². The molecule has 3 aromatic rings. The molecule has 0 aliphatic heterocycles. The maximum Gasteiger partial charge on any atom is 0.337 e. The number of fused-ring (bicyclic) bond motifs is 1. The van der Waals surface area contributed by atoms with Crippen LogP contribution in [-0.4, -0.2) is 24.2 Å². The van der Waals surface area contributed by atoms with Gasteiger partial charge in [-0.25, -0.2) is 4.79 Å². The number of ether oxygens (including phenoxy) is 1. The summed E-state index contributed by atoms with van der Waals surface area (Å²) < 4.78 is 6.64. The Morgan fingerprint density at radius 2 is 1.88 bits per heavy atom. The van der Waals surface area contributed by atoms with Gasteiger partial charge in [-0.1, -0.05) is 52.3 Å². The van der Waals surface area contributed by atoms with Crippen LogP contribution in [0.15, 0.2) is 65.1 Å². The fourth-order valence-electron chi connectivity index (χ4n) is 2.65. The summed E-state index contributed by atoms with van der Waals surface area (Å²) in [7, 11) is 0. The molecule has 4 nitrogen and oxygen atoms in total. The van der Waals surface area contributed by atoms with Crippen LogP contribution >= 0.6 is 15.9 Å². The molecular weight excluding hydrogens is 382 g/mol. The molecule has 0 aromatic heterocycles. The quantitative estimate of drug-likeness (QED) is 0.537. The van der Waals surface area contributed by atoms with Crippen LogP contribution in [0.5, 0.6) is 5.75 Å². The molecule has 0 atom stereocenters. The highest BCUT2D eigenvalue weighted by atomic mass is 79.9. The van der Waals surface area contributed by atoms with Crippen molar-refractivity contribution in [3.05, 3.63) is 70.7 Å². The SMILES string of the molecule is O=C(O)c1cc(Br)ccc1NCCCOc1cccc2ccccc12. The van der Waals surface area contributed by atoms with Gasteiger partial charge in [-0.3, -0.25) is 0 Å². The van der Waals surface area contributed by atoms with Gasteiger partial charge in [-0.15, -0.1) is 0 Å². The highest BCUT2D eigenvalue weighted by Gasteiger charge is 2.10. The van der Waals surface area contributed by atoms with Crippen molar-refractivity contribution in [1.82, 2.24) is 0 Å². The summed E-state index contributed by atoms with van der Waals surface area (Å²) in [5.41, 5.74) is 0.866. The molecular formula is C20H18BrNO3. The van der Waals surface area contributed by atoms with Crippen molar-refractivity contribution in [2.75, 3.05) is 18.5 Å². The van der Waals surface area contributed by atoms with Crippen LogP contribution < -0.4 is 10.1 Å². The van der Waals surface area contributed by atoms with E-state index in [4.69, 9.17) is 4.74 Å². The van der Waals surface area contributed by atoms with Crippen LogP contribution in [0.3, 0.4) is 0 Å². The largest absolute Gasteiger partial charge is 0.493 e. The molecule has 0 saturated carbocycles. The van der Waals surface area contributed by atoms with E-state index in [1.165, 1.54) is 0 Å². The molecule has 5 heteroatoms. The smallest absolute Gasteiger partial charge is 0.337 e. The number of aromatic carboxylic acids is 1. The number of carboxylic acids is 1. The van der Waals surface area contributed by atoms with Crippen LogP contribution in [0.4, 0.5) is 5.69 Å². The summed E-state index contributed by atoms with van der Waals surface area (Å²) in [5.74, 6) is -0.0798. The molecule has 0 amide bonds. The number of hydrogen-bond donors (Lipinski definition) is 2. The predicted molar refractivity (Wildman–Crippen MR) is 104 cm³/mol. The lowest BCUT2D eigenvalue weighted by molar-refractivity contribution is 0.0698. The summed E-state index contributed by atoms with van der Waals surface area (Å²) in [6.07, 6.45) is 0.762. The molecule has 25 heavy (non-hydrogen) atoms. The molecule has 0 spiro atoms. The van der Waals surface area contributed by atoms with E-state index in [0.29, 0.717) is 18.8 Å². The van der Waals surface area contributed by atoms with E-state index in [9.17, 15) is 9.90 Å². The zero-order valence-corrected chi connectivity index (χ0v) is 15.1. The molecule has 0 bridgehead atoms. The normalized spacial score (nSPS) is 10.6. The van der Waals surface area contributed by atoms with Crippen molar-refractivity contribution in [3.8, 4) is 5.75 Å². The first kappa shape index (κ1) is 17.3. The number of halogens is 1. The van der Waals surface area contributed by atoms with Gasteiger partial charge in [-0.05, 0) is 36.1 Å². The first-order valence-corrected chi connectivity index (χ1v) is 8.82. The van der Waals surface area contributed by atoms with Gasteiger partial charge < -0.3 is 15.2 Å². The molecule has 0 fully saturated rings. The van der Waals surface area contributed by atoms with Crippen molar-refractivity contribution in [1.29, 1.82) is 0 Å². The van der Waals surface area contributed by atoms with Crippen LogP contribution in [0.25, 0.3) is 10.8 Å². The van der Waals surface area contributed by atoms with E-state index < -0.39 is 5.97 Å². The van der Waals surface area contributed by atoms with E-state index >= 15 is 0 Å². The summed E-state index contributed by atoms with van der Waals surface area (Å²) >= 11 is 3.29. The highest BCUT2D eigenvalue weighted by molar-refractivity contribution is 9.10. The maximum atomic E-state index is 11.3. The Morgan fingerprint density at radius 1 is 1.08 bits per heavy atom. The molecule has 0 radical (unpaired) electrons. The molecule has 3 rings (SSSR count). The third-order valence-corrected chi connectivity index (χ3v) is 4.35. The van der Waals surface area contributed by atoms with E-state index in [1.54, 1.807) is 12.1 Å². The van der Waals surface area contributed by atoms with Gasteiger partial charge in [0.2, 0.25) is 0 Å². The number of hydrogen-bond acceptors (Lipinski definition) is 3. The Bertz CT molecular complexity index is 890. The van der Waals surface area contributed by atoms with Gasteiger partial charge >= 0.3 is 5.97 Å². The van der Waals surface area contributed by atoms with Crippen LogP contribution in [0.1, 0.15) is 16.8 Å². The molecule has 0 heterocycles. The van der Waals surface area contributed by atoms with E-state index in [0.717, 1.165) is 27.4 Å². The minimum Gasteiger partial charge on any atom is -0.493 e. The third-order valence-electron chi connectivity index (χ3n) is 3.86. The summed E-state index contributed by atoms with van der Waals surface area (Å²) in [5, 5.41) is 14.7. The lowest BCUT2D eigenvalue weighted by Gasteiger charge is -2.12. The fraction of sp³-hybridized carbons (Fsp3) is 0.150. The molecule has 0 unspecified atom stereocenters. The molecule has 128 valence electrons. The molecule has 0 aliphatic carbocycles. The average Bonchev–Trinajstić information content (AvgIpc) is 2.62. The third kappa shape index (κ3) is 4.31. The number of rotatable bonds is 7. The number of nitrogens with one attached hydrogen (secondary N) is 1. The van der Waals surface area contributed by atoms with Gasteiger partial charge in [0, 0.05) is 22.1 Å². The van der Waals surface area contributed by atoms with E-state index in [1.807, 2.05) is 36.4 Å². The Labute approximate surface area is 154 Å². The fourth-order valence-corrected chi connectivity index (χ4v) is 3.01. The van der Waals surface area contributed by atoms with Gasteiger partial charge in [0.15, 0.2) is 0 Å².